The van der Waals surface area contributed by atoms with Crippen molar-refractivity contribution < 1.29 is 14.3 Å². The second-order valence-corrected chi connectivity index (χ2v) is 6.43. The number of carbonyl (C=O) groups is 2. The molecule has 1 aliphatic rings. The summed E-state index contributed by atoms with van der Waals surface area (Å²) in [6.45, 7) is 1.66. The molecule has 1 saturated carbocycles. The van der Waals surface area contributed by atoms with Crippen LogP contribution in [0.25, 0.3) is 0 Å². The average Bonchev–Trinajstić information content (AvgIpc) is 2.93. The van der Waals surface area contributed by atoms with Gasteiger partial charge in [-0.15, -0.1) is 0 Å². The second kappa shape index (κ2) is 7.31. The Bertz CT molecular complexity index is 518. The van der Waals surface area contributed by atoms with E-state index in [1.165, 1.54) is 6.20 Å². The maximum Gasteiger partial charge on any atom is 0.321 e. The van der Waals surface area contributed by atoms with Crippen molar-refractivity contribution >= 4 is 23.7 Å². The summed E-state index contributed by atoms with van der Waals surface area (Å²) in [5.41, 5.74) is 0. The van der Waals surface area contributed by atoms with Crippen molar-refractivity contribution in [1.29, 1.82) is 0 Å². The van der Waals surface area contributed by atoms with Gasteiger partial charge in [-0.3, -0.25) is 10.1 Å². The van der Waals surface area contributed by atoms with Crippen LogP contribution in [0.2, 0.25) is 0 Å². The molecular formula is C14H19N3O3S. The number of hydrogen-bond donors (Lipinski definition) is 2. The monoisotopic (exact) mass is 309 g/mol. The quantitative estimate of drug-likeness (QED) is 0.502. The Kier molecular flexibility index (Phi) is 5.44. The number of aromatic nitrogens is 1. The molecule has 1 aliphatic carbocycles. The molecule has 1 heterocycles. The molecule has 7 heteroatoms. The lowest BCUT2D eigenvalue weighted by Gasteiger charge is -2.14. The van der Waals surface area contributed by atoms with Crippen LogP contribution in [0, 0.1) is 5.21 Å². The van der Waals surface area contributed by atoms with Crippen molar-refractivity contribution in [3.05, 3.63) is 29.6 Å². The number of thioether (sulfide) groups is 1. The van der Waals surface area contributed by atoms with Gasteiger partial charge in [0.15, 0.2) is 6.20 Å². The second-order valence-electron chi connectivity index (χ2n) is 5.07. The molecule has 2 N–H and O–H groups in total. The Balaban J connectivity index is 1.81. The highest BCUT2D eigenvalue weighted by atomic mass is 32.2. The van der Waals surface area contributed by atoms with E-state index in [1.807, 2.05) is 0 Å². The molecule has 0 aliphatic heterocycles. The van der Waals surface area contributed by atoms with Crippen LogP contribution in [0.15, 0.2) is 29.4 Å². The zero-order valence-corrected chi connectivity index (χ0v) is 12.7. The van der Waals surface area contributed by atoms with E-state index in [9.17, 15) is 14.8 Å². The number of carbonyl (C=O) groups excluding carboxylic acids is 2. The summed E-state index contributed by atoms with van der Waals surface area (Å²) in [6, 6.07) is 4.70. The molecule has 1 atom stereocenters. The summed E-state index contributed by atoms with van der Waals surface area (Å²) in [5.74, 6) is -0.403. The number of pyridine rings is 1. The number of amides is 3. The maximum absolute atomic E-state index is 11.9. The minimum Gasteiger partial charge on any atom is -0.618 e. The Hall–Kier alpha value is -1.76. The van der Waals surface area contributed by atoms with Crippen molar-refractivity contribution in [1.82, 2.24) is 10.6 Å². The molecule has 2 rings (SSSR count). The maximum atomic E-state index is 11.9. The van der Waals surface area contributed by atoms with Gasteiger partial charge < -0.3 is 10.5 Å². The number of urea groups is 1. The lowest BCUT2D eigenvalue weighted by Crippen LogP contribution is -2.46. The Morgan fingerprint density at radius 1 is 1.38 bits per heavy atom. The zero-order chi connectivity index (χ0) is 15.2. The summed E-state index contributed by atoms with van der Waals surface area (Å²) in [5, 5.41) is 16.5. The Morgan fingerprint density at radius 2 is 2.10 bits per heavy atom. The minimum atomic E-state index is -0.526. The first-order chi connectivity index (χ1) is 10.1. The van der Waals surface area contributed by atoms with Crippen LogP contribution in [0.3, 0.4) is 0 Å². The molecule has 0 saturated heterocycles. The third kappa shape index (κ3) is 4.63. The largest absolute Gasteiger partial charge is 0.618 e. The smallest absolute Gasteiger partial charge is 0.321 e. The molecule has 21 heavy (non-hydrogen) atoms. The first kappa shape index (κ1) is 15.6. The van der Waals surface area contributed by atoms with Gasteiger partial charge in [0.25, 0.3) is 5.03 Å². The van der Waals surface area contributed by atoms with E-state index in [-0.39, 0.29) is 6.04 Å². The third-order valence-corrected chi connectivity index (χ3v) is 4.51. The normalized spacial score (nSPS) is 16.4. The predicted octanol–water partition coefficient (Wildman–Crippen LogP) is 1.57. The van der Waals surface area contributed by atoms with Crippen LogP contribution in [0.4, 0.5) is 4.79 Å². The number of nitrogens with one attached hydrogen (secondary N) is 2. The van der Waals surface area contributed by atoms with Gasteiger partial charge in [0.05, 0.1) is 5.25 Å². The summed E-state index contributed by atoms with van der Waals surface area (Å²) in [6.07, 6.45) is 5.53. The first-order valence-corrected chi connectivity index (χ1v) is 7.90. The van der Waals surface area contributed by atoms with E-state index >= 15 is 0 Å². The van der Waals surface area contributed by atoms with Gasteiger partial charge in [-0.2, -0.15) is 4.73 Å². The Labute approximate surface area is 127 Å². The zero-order valence-electron chi connectivity index (χ0n) is 11.9. The van der Waals surface area contributed by atoms with E-state index in [0.29, 0.717) is 9.76 Å². The van der Waals surface area contributed by atoms with Crippen LogP contribution < -0.4 is 15.4 Å². The fraction of sp³-hybridized carbons (Fsp3) is 0.500. The fourth-order valence-electron chi connectivity index (χ4n) is 2.24. The van der Waals surface area contributed by atoms with Gasteiger partial charge in [-0.25, -0.2) is 4.79 Å². The average molecular weight is 309 g/mol. The molecule has 0 bridgehead atoms. The molecule has 3 amide bonds. The van der Waals surface area contributed by atoms with E-state index in [2.05, 4.69) is 10.6 Å². The molecular weight excluding hydrogens is 290 g/mol. The molecule has 1 fully saturated rings. The minimum absolute atomic E-state index is 0.165. The molecule has 6 nitrogen and oxygen atoms in total. The van der Waals surface area contributed by atoms with Crippen molar-refractivity contribution in [2.45, 2.75) is 48.9 Å². The van der Waals surface area contributed by atoms with Crippen LogP contribution in [0.5, 0.6) is 0 Å². The SMILES string of the molecule is C[C@@H](Sc1cccc[n+]1[O-])C(=O)NC(=O)NC1CCCC1. The highest BCUT2D eigenvalue weighted by Crippen LogP contribution is 2.19. The molecule has 0 unspecified atom stereocenters. The van der Waals surface area contributed by atoms with Crippen LogP contribution in [-0.2, 0) is 4.79 Å². The lowest BCUT2D eigenvalue weighted by atomic mass is 10.2. The Morgan fingerprint density at radius 3 is 2.76 bits per heavy atom. The number of imide groups is 1. The van der Waals surface area contributed by atoms with Gasteiger partial charge >= 0.3 is 6.03 Å². The number of rotatable bonds is 4. The van der Waals surface area contributed by atoms with Gasteiger partial charge in [0.1, 0.15) is 0 Å². The summed E-state index contributed by atoms with van der Waals surface area (Å²) >= 11 is 1.12. The van der Waals surface area contributed by atoms with Crippen molar-refractivity contribution in [2.24, 2.45) is 0 Å². The topological polar surface area (TPSA) is 85.1 Å². The van der Waals surface area contributed by atoms with Gasteiger partial charge in [0.2, 0.25) is 5.91 Å². The van der Waals surface area contributed by atoms with Crippen LogP contribution in [-0.4, -0.2) is 23.2 Å². The highest BCUT2D eigenvalue weighted by Gasteiger charge is 2.22. The van der Waals surface area contributed by atoms with E-state index in [1.54, 1.807) is 25.1 Å². The van der Waals surface area contributed by atoms with Crippen LogP contribution in [0.1, 0.15) is 32.6 Å². The number of nitrogens with zero attached hydrogens (tertiary/aromatic N) is 1. The summed E-state index contributed by atoms with van der Waals surface area (Å²) < 4.78 is 0.701. The molecule has 1 aromatic rings. The fourth-order valence-corrected chi connectivity index (χ4v) is 3.09. The highest BCUT2D eigenvalue weighted by molar-refractivity contribution is 8.00. The molecule has 0 aromatic carbocycles. The predicted molar refractivity (Wildman–Crippen MR) is 79.7 cm³/mol. The van der Waals surface area contributed by atoms with Crippen molar-refractivity contribution in [2.75, 3.05) is 0 Å². The van der Waals surface area contributed by atoms with E-state index in [0.717, 1.165) is 37.4 Å². The van der Waals surface area contributed by atoms with Crippen LogP contribution >= 0.6 is 11.8 Å². The molecule has 0 radical (unpaired) electrons. The lowest BCUT2D eigenvalue weighted by molar-refractivity contribution is -0.645. The van der Waals surface area contributed by atoms with E-state index < -0.39 is 17.2 Å². The molecule has 0 spiro atoms. The van der Waals surface area contributed by atoms with E-state index in [4.69, 9.17) is 0 Å². The standard InChI is InChI=1S/C14H19N3O3S/c1-10(21-12-8-4-5-9-17(12)20)13(18)16-14(19)15-11-6-2-3-7-11/h4-5,8-11H,2-3,6-7H2,1H3,(H2,15,16,18,19)/t10-/m1/s1. The molecule has 1 aromatic heterocycles. The first-order valence-electron chi connectivity index (χ1n) is 7.02. The third-order valence-electron chi connectivity index (χ3n) is 3.38. The summed E-state index contributed by atoms with van der Waals surface area (Å²) in [7, 11) is 0. The van der Waals surface area contributed by atoms with Gasteiger partial charge in [0, 0.05) is 18.2 Å². The van der Waals surface area contributed by atoms with Gasteiger partial charge in [-0.05, 0) is 37.6 Å². The van der Waals surface area contributed by atoms with Gasteiger partial charge in [-0.1, -0.05) is 12.8 Å². The van der Waals surface area contributed by atoms with Crippen molar-refractivity contribution in [3.63, 3.8) is 0 Å². The van der Waals surface area contributed by atoms with Crippen molar-refractivity contribution in [3.8, 4) is 0 Å². The molecule has 114 valence electrons. The summed E-state index contributed by atoms with van der Waals surface area (Å²) in [4.78, 5) is 23.7. The number of hydrogen-bond acceptors (Lipinski definition) is 4.